The van der Waals surface area contributed by atoms with Gasteiger partial charge in [0.25, 0.3) is 11.5 Å². The Morgan fingerprint density at radius 2 is 2.00 bits per heavy atom. The number of halogens is 3. The number of amides is 1. The number of nitrogens with one attached hydrogen (secondary N) is 1. The molecule has 0 radical (unpaired) electrons. The summed E-state index contributed by atoms with van der Waals surface area (Å²) < 4.78 is 33.6. The zero-order valence-electron chi connectivity index (χ0n) is 16.6. The first-order valence-corrected chi connectivity index (χ1v) is 9.99. The minimum Gasteiger partial charge on any atom is -0.487 e. The summed E-state index contributed by atoms with van der Waals surface area (Å²) in [5, 5.41) is 12.0. The molecule has 0 aliphatic carbocycles. The van der Waals surface area contributed by atoms with Crippen LogP contribution in [-0.4, -0.2) is 28.9 Å². The van der Waals surface area contributed by atoms with E-state index in [9.17, 15) is 18.4 Å². The Balaban J connectivity index is 1.52. The van der Waals surface area contributed by atoms with E-state index in [1.165, 1.54) is 27.8 Å². The zero-order chi connectivity index (χ0) is 22.8. The number of aromatic nitrogens is 1. The summed E-state index contributed by atoms with van der Waals surface area (Å²) >= 11 is 6.17. The van der Waals surface area contributed by atoms with Crippen molar-refractivity contribution in [2.75, 3.05) is 23.5 Å². The molecule has 7 nitrogen and oxygen atoms in total. The smallest absolute Gasteiger partial charge is 0.273 e. The zero-order valence-corrected chi connectivity index (χ0v) is 17.4. The SMILES string of the molecule is O=C(CO)N1CNc2ccc(Cn3ccc(OCc4ccc(F)cc4F)c(Cl)c3=O)cc21. The molecule has 0 unspecified atom stereocenters. The highest BCUT2D eigenvalue weighted by Crippen LogP contribution is 2.32. The van der Waals surface area contributed by atoms with Crippen molar-refractivity contribution in [1.29, 1.82) is 0 Å². The fourth-order valence-corrected chi connectivity index (χ4v) is 3.59. The number of pyridine rings is 1. The Labute approximate surface area is 186 Å². The quantitative estimate of drug-likeness (QED) is 0.589. The average molecular weight is 462 g/mol. The van der Waals surface area contributed by atoms with Crippen molar-refractivity contribution < 1.29 is 23.4 Å². The second kappa shape index (κ2) is 8.97. The van der Waals surface area contributed by atoms with Gasteiger partial charge in [0.05, 0.1) is 24.6 Å². The van der Waals surface area contributed by atoms with Crippen LogP contribution < -0.4 is 20.5 Å². The van der Waals surface area contributed by atoms with E-state index in [-0.39, 0.29) is 36.2 Å². The number of fused-ring (bicyclic) bond motifs is 1. The van der Waals surface area contributed by atoms with Gasteiger partial charge in [-0.3, -0.25) is 14.5 Å². The Morgan fingerprint density at radius 1 is 1.19 bits per heavy atom. The fraction of sp³-hybridized carbons (Fsp3) is 0.182. The summed E-state index contributed by atoms with van der Waals surface area (Å²) in [5.74, 6) is -1.81. The van der Waals surface area contributed by atoms with Crippen LogP contribution in [0.15, 0.2) is 53.5 Å². The lowest BCUT2D eigenvalue weighted by Gasteiger charge is -2.15. The highest BCUT2D eigenvalue weighted by molar-refractivity contribution is 6.31. The fourth-order valence-electron chi connectivity index (χ4n) is 3.36. The lowest BCUT2D eigenvalue weighted by Crippen LogP contribution is -2.32. The molecule has 0 fully saturated rings. The van der Waals surface area contributed by atoms with Crippen LogP contribution in [0.25, 0.3) is 0 Å². The van der Waals surface area contributed by atoms with Crippen LogP contribution in [0.3, 0.4) is 0 Å². The highest BCUT2D eigenvalue weighted by Gasteiger charge is 2.24. The van der Waals surface area contributed by atoms with E-state index in [0.717, 1.165) is 23.4 Å². The summed E-state index contributed by atoms with van der Waals surface area (Å²) in [6.45, 7) is -0.393. The number of carbonyl (C=O) groups excluding carboxylic acids is 1. The molecule has 32 heavy (non-hydrogen) atoms. The van der Waals surface area contributed by atoms with Crippen LogP contribution in [0.5, 0.6) is 5.75 Å². The molecule has 2 aromatic carbocycles. The third-order valence-corrected chi connectivity index (χ3v) is 5.39. The van der Waals surface area contributed by atoms with Crippen LogP contribution >= 0.6 is 11.6 Å². The van der Waals surface area contributed by atoms with Gasteiger partial charge in [-0.1, -0.05) is 17.7 Å². The van der Waals surface area contributed by atoms with Crippen molar-refractivity contribution in [3.63, 3.8) is 0 Å². The Morgan fingerprint density at radius 3 is 2.75 bits per heavy atom. The molecule has 0 saturated carbocycles. The molecule has 0 atom stereocenters. The van der Waals surface area contributed by atoms with Gasteiger partial charge in [-0.15, -0.1) is 0 Å². The molecule has 2 N–H and O–H groups in total. The molecule has 1 aliphatic heterocycles. The molecule has 1 aromatic heterocycles. The lowest BCUT2D eigenvalue weighted by atomic mass is 10.1. The van der Waals surface area contributed by atoms with Gasteiger partial charge in [0.1, 0.15) is 35.6 Å². The minimum atomic E-state index is -0.755. The monoisotopic (exact) mass is 461 g/mol. The van der Waals surface area contributed by atoms with Gasteiger partial charge >= 0.3 is 0 Å². The molecular formula is C22H18ClF2N3O4. The second-order valence-corrected chi connectivity index (χ2v) is 7.50. The van der Waals surface area contributed by atoms with E-state index >= 15 is 0 Å². The standard InChI is InChI=1S/C22H18ClF2N3O4/c23-21-19(32-11-14-2-3-15(24)8-16(14)25)5-6-27(22(21)31)9-13-1-4-17-18(7-13)28(12-26-17)20(30)10-29/h1-8,26,29H,9-12H2. The first-order chi connectivity index (χ1) is 15.4. The number of rotatable bonds is 6. The molecule has 1 amide bonds. The van der Waals surface area contributed by atoms with Crippen LogP contribution in [0.4, 0.5) is 20.2 Å². The number of aliphatic hydroxyl groups is 1. The summed E-state index contributed by atoms with van der Waals surface area (Å²) in [6.07, 6.45) is 1.49. The van der Waals surface area contributed by atoms with E-state index in [1.807, 2.05) is 0 Å². The molecule has 0 bridgehead atoms. The van der Waals surface area contributed by atoms with Gasteiger partial charge < -0.3 is 19.7 Å². The number of anilines is 2. The summed E-state index contributed by atoms with van der Waals surface area (Å²) in [7, 11) is 0. The molecular weight excluding hydrogens is 444 g/mol. The molecule has 1 aliphatic rings. The number of carbonyl (C=O) groups is 1. The maximum atomic E-state index is 13.8. The maximum absolute atomic E-state index is 13.8. The second-order valence-electron chi connectivity index (χ2n) is 7.12. The van der Waals surface area contributed by atoms with E-state index < -0.39 is 29.7 Å². The number of aliphatic hydroxyl groups excluding tert-OH is 1. The van der Waals surface area contributed by atoms with Crippen molar-refractivity contribution in [3.05, 3.63) is 86.8 Å². The molecule has 0 spiro atoms. The molecule has 10 heteroatoms. The maximum Gasteiger partial charge on any atom is 0.273 e. The van der Waals surface area contributed by atoms with E-state index in [1.54, 1.807) is 18.2 Å². The van der Waals surface area contributed by atoms with Gasteiger partial charge in [-0.2, -0.15) is 0 Å². The lowest BCUT2D eigenvalue weighted by molar-refractivity contribution is -0.121. The first-order valence-electron chi connectivity index (χ1n) is 9.61. The normalized spacial score (nSPS) is 12.4. The Hall–Kier alpha value is -3.43. The predicted octanol–water partition coefficient (Wildman–Crippen LogP) is 3.12. The van der Waals surface area contributed by atoms with Crippen molar-refractivity contribution in [3.8, 4) is 5.75 Å². The van der Waals surface area contributed by atoms with E-state index in [2.05, 4.69) is 5.32 Å². The van der Waals surface area contributed by atoms with Crippen LogP contribution in [0.1, 0.15) is 11.1 Å². The van der Waals surface area contributed by atoms with Crippen molar-refractivity contribution in [1.82, 2.24) is 4.57 Å². The largest absolute Gasteiger partial charge is 0.487 e. The Kier molecular flexibility index (Phi) is 6.11. The molecule has 2 heterocycles. The first kappa shape index (κ1) is 21.8. The number of nitrogens with zero attached hydrogens (tertiary/aromatic N) is 2. The topological polar surface area (TPSA) is 83.8 Å². The number of ether oxygens (including phenoxy) is 1. The van der Waals surface area contributed by atoms with Gasteiger partial charge in [0.15, 0.2) is 0 Å². The molecule has 0 saturated heterocycles. The van der Waals surface area contributed by atoms with Crippen molar-refractivity contribution in [2.45, 2.75) is 13.2 Å². The Bertz CT molecular complexity index is 1250. The van der Waals surface area contributed by atoms with Gasteiger partial charge in [0.2, 0.25) is 0 Å². The summed E-state index contributed by atoms with van der Waals surface area (Å²) in [6, 6.07) is 9.96. The third-order valence-electron chi connectivity index (χ3n) is 5.04. The van der Waals surface area contributed by atoms with E-state index in [0.29, 0.717) is 5.69 Å². The predicted molar refractivity (Wildman–Crippen MR) is 115 cm³/mol. The number of benzene rings is 2. The van der Waals surface area contributed by atoms with Crippen molar-refractivity contribution in [2.24, 2.45) is 0 Å². The summed E-state index contributed by atoms with van der Waals surface area (Å²) in [5.41, 5.74) is 1.72. The minimum absolute atomic E-state index is 0.0783. The average Bonchev–Trinajstić information content (AvgIpc) is 3.20. The van der Waals surface area contributed by atoms with Crippen LogP contribution in [0, 0.1) is 11.6 Å². The number of hydrogen-bond donors (Lipinski definition) is 2. The number of hydrogen-bond acceptors (Lipinski definition) is 5. The van der Waals surface area contributed by atoms with Gasteiger partial charge in [-0.25, -0.2) is 8.78 Å². The van der Waals surface area contributed by atoms with E-state index in [4.69, 9.17) is 21.4 Å². The molecule has 3 aromatic rings. The van der Waals surface area contributed by atoms with Crippen LogP contribution in [0.2, 0.25) is 5.02 Å². The van der Waals surface area contributed by atoms with Crippen molar-refractivity contribution >= 4 is 28.9 Å². The third kappa shape index (κ3) is 4.30. The highest BCUT2D eigenvalue weighted by atomic mass is 35.5. The van der Waals surface area contributed by atoms with Gasteiger partial charge in [0, 0.05) is 17.8 Å². The molecule has 166 valence electrons. The molecule has 4 rings (SSSR count). The van der Waals surface area contributed by atoms with Crippen LogP contribution in [-0.2, 0) is 17.9 Å². The summed E-state index contributed by atoms with van der Waals surface area (Å²) in [4.78, 5) is 26.0. The van der Waals surface area contributed by atoms with Gasteiger partial charge in [-0.05, 0) is 35.9 Å².